The van der Waals surface area contributed by atoms with Crippen molar-refractivity contribution in [2.24, 2.45) is 14.1 Å². The summed E-state index contributed by atoms with van der Waals surface area (Å²) in [5.41, 5.74) is 1.37. The van der Waals surface area contributed by atoms with Crippen LogP contribution in [0.3, 0.4) is 0 Å². The van der Waals surface area contributed by atoms with Crippen molar-refractivity contribution in [3.05, 3.63) is 67.4 Å². The van der Waals surface area contributed by atoms with Crippen LogP contribution in [0, 0.1) is 0 Å². The number of nitrogens with zero attached hydrogens (tertiary/aromatic N) is 3. The van der Waals surface area contributed by atoms with Gasteiger partial charge in [-0.15, -0.1) is 0 Å². The van der Waals surface area contributed by atoms with Gasteiger partial charge in [0.2, 0.25) is 0 Å². The van der Waals surface area contributed by atoms with Crippen molar-refractivity contribution in [2.75, 3.05) is 6.54 Å². The van der Waals surface area contributed by atoms with Gasteiger partial charge in [0.1, 0.15) is 0 Å². The summed E-state index contributed by atoms with van der Waals surface area (Å²) in [7, 11) is 3.22. The molecule has 0 radical (unpaired) electrons. The van der Waals surface area contributed by atoms with Gasteiger partial charge in [-0.1, -0.05) is 29.8 Å². The molecule has 0 saturated carbocycles. The summed E-state index contributed by atoms with van der Waals surface area (Å²) in [5, 5.41) is 0.797. The maximum atomic E-state index is 12.1. The molecule has 0 spiro atoms. The molecule has 1 saturated heterocycles. The van der Waals surface area contributed by atoms with E-state index in [9.17, 15) is 9.59 Å². The van der Waals surface area contributed by atoms with Gasteiger partial charge in [-0.05, 0) is 37.4 Å². The summed E-state index contributed by atoms with van der Waals surface area (Å²) in [6, 6.07) is 9.86. The fourth-order valence-electron chi connectivity index (χ4n) is 3.39. The topological polar surface area (TPSA) is 47.2 Å². The van der Waals surface area contributed by atoms with Crippen LogP contribution in [-0.2, 0) is 27.1 Å². The Morgan fingerprint density at radius 3 is 2.67 bits per heavy atom. The Morgan fingerprint density at radius 1 is 1.17 bits per heavy atom. The lowest BCUT2D eigenvalue weighted by Crippen LogP contribution is -2.40. The van der Waals surface area contributed by atoms with Crippen molar-refractivity contribution >= 4 is 11.6 Å². The molecule has 3 rings (SSSR count). The molecule has 2 heterocycles. The van der Waals surface area contributed by atoms with E-state index in [0.29, 0.717) is 12.6 Å². The van der Waals surface area contributed by atoms with Crippen molar-refractivity contribution in [3.63, 3.8) is 0 Å². The van der Waals surface area contributed by atoms with Crippen molar-refractivity contribution in [2.45, 2.75) is 31.8 Å². The SMILES string of the molecule is Cn1c(CN2CCCC2Cc2ccccc2Cl)cc(=O)n(C)c1=O. The molecular formula is C18H22ClN3O2. The van der Waals surface area contributed by atoms with Gasteiger partial charge in [-0.25, -0.2) is 4.79 Å². The molecule has 5 nitrogen and oxygen atoms in total. The van der Waals surface area contributed by atoms with Crippen LogP contribution in [0.5, 0.6) is 0 Å². The average Bonchev–Trinajstić information content (AvgIpc) is 3.00. The number of hydrogen-bond donors (Lipinski definition) is 0. The van der Waals surface area contributed by atoms with E-state index in [-0.39, 0.29) is 11.2 Å². The third-order valence-electron chi connectivity index (χ3n) is 4.90. The highest BCUT2D eigenvalue weighted by molar-refractivity contribution is 6.31. The molecule has 6 heteroatoms. The third kappa shape index (κ3) is 3.32. The molecule has 0 bridgehead atoms. The molecule has 1 aliphatic heterocycles. The largest absolute Gasteiger partial charge is 0.330 e. The monoisotopic (exact) mass is 347 g/mol. The molecule has 2 aromatic rings. The van der Waals surface area contributed by atoms with Gasteiger partial charge in [0.05, 0.1) is 0 Å². The standard InChI is InChI=1S/C18H22ClN3O2/c1-20-15(11-17(23)21(2)18(20)24)12-22-9-5-7-14(22)10-13-6-3-4-8-16(13)19/h3-4,6,8,11,14H,5,7,9-10,12H2,1-2H3. The molecule has 24 heavy (non-hydrogen) atoms. The highest BCUT2D eigenvalue weighted by atomic mass is 35.5. The Morgan fingerprint density at radius 2 is 1.92 bits per heavy atom. The van der Waals surface area contributed by atoms with E-state index >= 15 is 0 Å². The van der Waals surface area contributed by atoms with Crippen LogP contribution in [0.4, 0.5) is 0 Å². The second-order valence-corrected chi connectivity index (χ2v) is 6.84. The predicted molar refractivity (Wildman–Crippen MR) is 95.5 cm³/mol. The molecule has 1 atom stereocenters. The molecule has 0 amide bonds. The lowest BCUT2D eigenvalue weighted by atomic mass is 10.0. The Kier molecular flexibility index (Phi) is 4.92. The second-order valence-electron chi connectivity index (χ2n) is 6.44. The van der Waals surface area contributed by atoms with Crippen molar-refractivity contribution < 1.29 is 0 Å². The average molecular weight is 348 g/mol. The zero-order chi connectivity index (χ0) is 17.3. The van der Waals surface area contributed by atoms with Crippen LogP contribution in [-0.4, -0.2) is 26.6 Å². The number of likely N-dealkylation sites (tertiary alicyclic amines) is 1. The first-order chi connectivity index (χ1) is 11.5. The van der Waals surface area contributed by atoms with Gasteiger partial charge >= 0.3 is 5.69 Å². The number of benzene rings is 1. The van der Waals surface area contributed by atoms with Crippen LogP contribution in [0.25, 0.3) is 0 Å². The number of hydrogen-bond acceptors (Lipinski definition) is 3. The summed E-state index contributed by atoms with van der Waals surface area (Å²) in [6.45, 7) is 1.58. The summed E-state index contributed by atoms with van der Waals surface area (Å²) >= 11 is 6.29. The normalized spacial score (nSPS) is 18.2. The maximum Gasteiger partial charge on any atom is 0.330 e. The van der Waals surface area contributed by atoms with E-state index in [2.05, 4.69) is 11.0 Å². The third-order valence-corrected chi connectivity index (χ3v) is 5.27. The van der Waals surface area contributed by atoms with Gasteiger partial charge in [-0.2, -0.15) is 0 Å². The zero-order valence-electron chi connectivity index (χ0n) is 14.0. The second kappa shape index (κ2) is 6.95. The lowest BCUT2D eigenvalue weighted by Gasteiger charge is -2.25. The number of rotatable bonds is 4. The molecule has 1 aromatic carbocycles. The maximum absolute atomic E-state index is 12.1. The van der Waals surface area contributed by atoms with E-state index < -0.39 is 0 Å². The first-order valence-corrected chi connectivity index (χ1v) is 8.58. The summed E-state index contributed by atoms with van der Waals surface area (Å²) in [4.78, 5) is 26.4. The van der Waals surface area contributed by atoms with Crippen molar-refractivity contribution in [1.82, 2.24) is 14.0 Å². The first kappa shape index (κ1) is 17.0. The molecule has 1 aliphatic rings. The summed E-state index contributed by atoms with van der Waals surface area (Å²) in [5.74, 6) is 0. The Balaban J connectivity index is 1.81. The van der Waals surface area contributed by atoms with Crippen LogP contribution >= 0.6 is 11.6 Å². The Hall–Kier alpha value is -1.85. The van der Waals surface area contributed by atoms with Gasteiger partial charge in [0.25, 0.3) is 5.56 Å². The predicted octanol–water partition coefficient (Wildman–Crippen LogP) is 1.94. The first-order valence-electron chi connectivity index (χ1n) is 8.21. The van der Waals surface area contributed by atoms with Crippen molar-refractivity contribution in [1.29, 1.82) is 0 Å². The minimum absolute atomic E-state index is 0.255. The van der Waals surface area contributed by atoms with E-state index in [0.717, 1.165) is 46.7 Å². The molecule has 128 valence electrons. The van der Waals surface area contributed by atoms with Gasteiger partial charge in [0.15, 0.2) is 0 Å². The van der Waals surface area contributed by atoms with E-state index in [1.54, 1.807) is 17.7 Å². The van der Waals surface area contributed by atoms with E-state index in [1.165, 1.54) is 7.05 Å². The van der Waals surface area contributed by atoms with Crippen LogP contribution in [0.1, 0.15) is 24.1 Å². The Bertz CT molecular complexity index is 856. The molecular weight excluding hydrogens is 326 g/mol. The number of aromatic nitrogens is 2. The highest BCUT2D eigenvalue weighted by Gasteiger charge is 2.26. The molecule has 1 aromatic heterocycles. The highest BCUT2D eigenvalue weighted by Crippen LogP contribution is 2.25. The zero-order valence-corrected chi connectivity index (χ0v) is 14.8. The van der Waals surface area contributed by atoms with E-state index in [4.69, 9.17) is 11.6 Å². The minimum atomic E-state index is -0.278. The number of halogens is 1. The van der Waals surface area contributed by atoms with Crippen LogP contribution in [0.15, 0.2) is 39.9 Å². The van der Waals surface area contributed by atoms with Gasteiger partial charge < -0.3 is 0 Å². The van der Waals surface area contributed by atoms with Crippen LogP contribution in [0.2, 0.25) is 5.02 Å². The summed E-state index contributed by atoms with van der Waals surface area (Å²) in [6.07, 6.45) is 3.11. The quantitative estimate of drug-likeness (QED) is 0.849. The van der Waals surface area contributed by atoms with Crippen LogP contribution < -0.4 is 11.2 Å². The lowest BCUT2D eigenvalue weighted by molar-refractivity contribution is 0.237. The van der Waals surface area contributed by atoms with Gasteiger partial charge in [0, 0.05) is 43.5 Å². The molecule has 1 fully saturated rings. The fraction of sp³-hybridized carbons (Fsp3) is 0.444. The summed E-state index contributed by atoms with van der Waals surface area (Å²) < 4.78 is 2.70. The van der Waals surface area contributed by atoms with Crippen molar-refractivity contribution in [3.8, 4) is 0 Å². The smallest absolute Gasteiger partial charge is 0.299 e. The van der Waals surface area contributed by atoms with Gasteiger partial charge in [-0.3, -0.25) is 18.8 Å². The minimum Gasteiger partial charge on any atom is -0.299 e. The van der Waals surface area contributed by atoms with E-state index in [1.807, 2.05) is 18.2 Å². The Labute approximate surface area is 146 Å². The molecule has 0 aliphatic carbocycles. The molecule has 1 unspecified atom stereocenters. The fourth-order valence-corrected chi connectivity index (χ4v) is 3.60. The molecule has 0 N–H and O–H groups in total.